The summed E-state index contributed by atoms with van der Waals surface area (Å²) >= 11 is 6.26. The van der Waals surface area contributed by atoms with E-state index >= 15 is 0 Å². The van der Waals surface area contributed by atoms with Gasteiger partial charge in [0, 0.05) is 43.0 Å². The fraction of sp³-hybridized carbons (Fsp3) is 0.684. The van der Waals surface area contributed by atoms with Gasteiger partial charge < -0.3 is 30.4 Å². The standard InChI is InChI=1S/C38H54ClN5O7/c1-5-11-28(32(46)35(48)40-22-27-16-10-17-50-27)41-34(47)30-21-38(20-29(43-51-38)25-14-9-15-26(39)19-25)23-44(30)36(49)33(37(2,3)4)42-31(45)18-24-12-7-6-8-13-24/h9,14-15,19,24,27-28,30,33H,5-8,10-13,16-18,20-23H2,1-4H3,(H,40,48)(H,41,47)(H,42,45)/t27-,28+,30+,33-,38-/m1/s1. The molecule has 280 valence electrons. The Balaban J connectivity index is 1.36. The summed E-state index contributed by atoms with van der Waals surface area (Å²) in [4.78, 5) is 76.0. The van der Waals surface area contributed by atoms with Crippen molar-refractivity contribution in [3.05, 3.63) is 34.9 Å². The van der Waals surface area contributed by atoms with Crippen molar-refractivity contribution in [3.8, 4) is 0 Å². The van der Waals surface area contributed by atoms with E-state index in [1.165, 1.54) is 11.3 Å². The Morgan fingerprint density at radius 2 is 1.82 bits per heavy atom. The monoisotopic (exact) mass is 727 g/mol. The second kappa shape index (κ2) is 16.9. The molecule has 1 spiro atoms. The Morgan fingerprint density at radius 1 is 1.06 bits per heavy atom. The van der Waals surface area contributed by atoms with Crippen LogP contribution in [0, 0.1) is 11.3 Å². The molecule has 0 radical (unpaired) electrons. The molecular formula is C38H54ClN5O7. The van der Waals surface area contributed by atoms with Gasteiger partial charge in [-0.3, -0.25) is 24.0 Å². The Kier molecular flexibility index (Phi) is 12.8. The predicted octanol–water partition coefficient (Wildman–Crippen LogP) is 4.45. The molecule has 5 atom stereocenters. The largest absolute Gasteiger partial charge is 0.387 e. The molecule has 5 rings (SSSR count). The van der Waals surface area contributed by atoms with Crippen LogP contribution >= 0.6 is 11.6 Å². The van der Waals surface area contributed by atoms with Crippen molar-refractivity contribution in [2.75, 3.05) is 19.7 Å². The van der Waals surface area contributed by atoms with Crippen LogP contribution in [0.1, 0.15) is 110 Å². The number of hydrogen-bond donors (Lipinski definition) is 3. The quantitative estimate of drug-likeness (QED) is 0.254. The third-order valence-corrected chi connectivity index (χ3v) is 10.8. The molecule has 0 bridgehead atoms. The van der Waals surface area contributed by atoms with Gasteiger partial charge in [-0.1, -0.05) is 82.3 Å². The van der Waals surface area contributed by atoms with Gasteiger partial charge in [0.05, 0.1) is 24.4 Å². The summed E-state index contributed by atoms with van der Waals surface area (Å²) in [6.45, 7) is 8.40. The van der Waals surface area contributed by atoms with Gasteiger partial charge in [-0.15, -0.1) is 0 Å². The van der Waals surface area contributed by atoms with Crippen LogP contribution in [-0.4, -0.2) is 89.6 Å². The first-order valence-corrected chi connectivity index (χ1v) is 19.0. The number of ketones is 1. The lowest BCUT2D eigenvalue weighted by Crippen LogP contribution is -2.59. The number of carbonyl (C=O) groups excluding carboxylic acids is 5. The number of Topliss-reactive ketones (excluding diaryl/α,β-unsaturated/α-hetero) is 1. The second-order valence-corrected chi connectivity index (χ2v) is 16.3. The van der Waals surface area contributed by atoms with Gasteiger partial charge in [0.15, 0.2) is 5.60 Å². The number of benzene rings is 1. The average molecular weight is 728 g/mol. The van der Waals surface area contributed by atoms with Gasteiger partial charge in [0.2, 0.25) is 23.5 Å². The first-order valence-electron chi connectivity index (χ1n) is 18.6. The van der Waals surface area contributed by atoms with Crippen molar-refractivity contribution in [3.63, 3.8) is 0 Å². The van der Waals surface area contributed by atoms with E-state index in [9.17, 15) is 24.0 Å². The first kappa shape index (κ1) is 38.7. The van der Waals surface area contributed by atoms with Crippen molar-refractivity contribution >= 4 is 46.7 Å². The zero-order chi connectivity index (χ0) is 36.8. The fourth-order valence-corrected chi connectivity index (χ4v) is 7.91. The summed E-state index contributed by atoms with van der Waals surface area (Å²) in [5, 5.41) is 13.4. The van der Waals surface area contributed by atoms with Crippen LogP contribution in [0.2, 0.25) is 5.02 Å². The topological polar surface area (TPSA) is 155 Å². The molecule has 3 aliphatic heterocycles. The number of amides is 4. The third-order valence-electron chi connectivity index (χ3n) is 10.5. The molecule has 12 nitrogen and oxygen atoms in total. The van der Waals surface area contributed by atoms with Gasteiger partial charge in [-0.05, 0) is 55.6 Å². The van der Waals surface area contributed by atoms with Crippen LogP contribution in [0.4, 0.5) is 0 Å². The lowest BCUT2D eigenvalue weighted by Gasteiger charge is -2.36. The van der Waals surface area contributed by atoms with Crippen molar-refractivity contribution in [2.24, 2.45) is 16.5 Å². The molecular weight excluding hydrogens is 674 g/mol. The number of rotatable bonds is 13. The lowest BCUT2D eigenvalue weighted by molar-refractivity contribution is -0.145. The van der Waals surface area contributed by atoms with Crippen LogP contribution in [0.5, 0.6) is 0 Å². The number of likely N-dealkylation sites (tertiary alicyclic amines) is 1. The Bertz CT molecular complexity index is 1480. The molecule has 4 aliphatic rings. The minimum absolute atomic E-state index is 0.0385. The number of carbonyl (C=O) groups is 5. The highest BCUT2D eigenvalue weighted by molar-refractivity contribution is 6.38. The van der Waals surface area contributed by atoms with E-state index in [1.807, 2.05) is 39.8 Å². The number of oxime groups is 1. The number of halogens is 1. The van der Waals surface area contributed by atoms with Gasteiger partial charge in [0.25, 0.3) is 5.91 Å². The van der Waals surface area contributed by atoms with Crippen LogP contribution in [0.3, 0.4) is 0 Å². The van der Waals surface area contributed by atoms with Gasteiger partial charge >= 0.3 is 0 Å². The molecule has 3 heterocycles. The van der Waals surface area contributed by atoms with E-state index in [-0.39, 0.29) is 43.9 Å². The predicted molar refractivity (Wildman–Crippen MR) is 193 cm³/mol. The Morgan fingerprint density at radius 3 is 2.49 bits per heavy atom. The summed E-state index contributed by atoms with van der Waals surface area (Å²) in [5.74, 6) is -2.42. The highest BCUT2D eigenvalue weighted by atomic mass is 35.5. The molecule has 13 heteroatoms. The van der Waals surface area contributed by atoms with Gasteiger partial charge in [-0.25, -0.2) is 0 Å². The van der Waals surface area contributed by atoms with Crippen LogP contribution in [0.25, 0.3) is 0 Å². The van der Waals surface area contributed by atoms with Crippen LogP contribution in [-0.2, 0) is 33.5 Å². The molecule has 4 amide bonds. The average Bonchev–Trinajstić information content (AvgIpc) is 3.86. The Labute approximate surface area is 306 Å². The number of nitrogens with zero attached hydrogens (tertiary/aromatic N) is 2. The van der Waals surface area contributed by atoms with Crippen molar-refractivity contribution < 1.29 is 33.5 Å². The van der Waals surface area contributed by atoms with E-state index in [0.717, 1.165) is 44.1 Å². The smallest absolute Gasteiger partial charge is 0.289 e. The minimum Gasteiger partial charge on any atom is -0.387 e. The maximum Gasteiger partial charge on any atom is 0.289 e. The molecule has 0 aromatic heterocycles. The summed E-state index contributed by atoms with van der Waals surface area (Å²) in [6, 6.07) is 4.18. The fourth-order valence-electron chi connectivity index (χ4n) is 7.72. The van der Waals surface area contributed by atoms with Crippen LogP contribution in [0.15, 0.2) is 29.4 Å². The molecule has 3 fully saturated rings. The lowest BCUT2D eigenvalue weighted by atomic mass is 9.84. The maximum absolute atomic E-state index is 14.6. The minimum atomic E-state index is -1.09. The highest BCUT2D eigenvalue weighted by Gasteiger charge is 2.55. The zero-order valence-corrected chi connectivity index (χ0v) is 31.2. The van der Waals surface area contributed by atoms with E-state index in [1.54, 1.807) is 12.1 Å². The first-order chi connectivity index (χ1) is 24.3. The highest BCUT2D eigenvalue weighted by Crippen LogP contribution is 2.40. The third kappa shape index (κ3) is 9.88. The summed E-state index contributed by atoms with van der Waals surface area (Å²) < 4.78 is 5.56. The maximum atomic E-state index is 14.6. The van der Waals surface area contributed by atoms with Crippen LogP contribution < -0.4 is 16.0 Å². The normalized spacial score (nSPS) is 24.8. The molecule has 3 N–H and O–H groups in total. The van der Waals surface area contributed by atoms with E-state index in [2.05, 4.69) is 21.1 Å². The number of hydrogen-bond acceptors (Lipinski definition) is 8. The molecule has 1 aliphatic carbocycles. The number of nitrogens with one attached hydrogen (secondary N) is 3. The molecule has 2 saturated heterocycles. The summed E-state index contributed by atoms with van der Waals surface area (Å²) in [7, 11) is 0. The Hall–Kier alpha value is -3.51. The zero-order valence-electron chi connectivity index (χ0n) is 30.4. The van der Waals surface area contributed by atoms with E-state index in [0.29, 0.717) is 36.6 Å². The van der Waals surface area contributed by atoms with Gasteiger partial charge in [-0.2, -0.15) is 0 Å². The van der Waals surface area contributed by atoms with E-state index < -0.39 is 52.6 Å². The van der Waals surface area contributed by atoms with E-state index in [4.69, 9.17) is 21.2 Å². The van der Waals surface area contributed by atoms with Gasteiger partial charge in [0.1, 0.15) is 12.1 Å². The second-order valence-electron chi connectivity index (χ2n) is 15.8. The summed E-state index contributed by atoms with van der Waals surface area (Å²) in [6.07, 6.45) is 8.48. The summed E-state index contributed by atoms with van der Waals surface area (Å²) in [5.41, 5.74) is -0.291. The van der Waals surface area contributed by atoms with Crippen molar-refractivity contribution in [1.29, 1.82) is 0 Å². The van der Waals surface area contributed by atoms with Crippen molar-refractivity contribution in [1.82, 2.24) is 20.9 Å². The SMILES string of the molecule is CCC[C@H](NC(=O)[C@@H]1C[C@]2(CC(c3cccc(Cl)c3)=NO2)CN1C(=O)[C@@H](NC(=O)CC1CCCCC1)C(C)(C)C)C(=O)C(=O)NC[C@H]1CCCO1. The molecule has 0 unspecified atom stereocenters. The number of ether oxygens (including phenoxy) is 1. The molecule has 1 aromatic rings. The van der Waals surface area contributed by atoms with Crippen molar-refractivity contribution in [2.45, 2.75) is 135 Å². The molecule has 1 saturated carbocycles. The molecule has 1 aromatic carbocycles. The molecule has 51 heavy (non-hydrogen) atoms.